The third kappa shape index (κ3) is 3.16. The lowest BCUT2D eigenvalue weighted by molar-refractivity contribution is -0.154. The Labute approximate surface area is 196 Å². The average molecular weight is 462 g/mol. The van der Waals surface area contributed by atoms with Crippen molar-refractivity contribution in [1.29, 1.82) is 0 Å². The molecular weight excluding hydrogens is 434 g/mol. The van der Waals surface area contributed by atoms with Crippen molar-refractivity contribution in [2.24, 2.45) is 5.73 Å². The maximum Gasteiger partial charge on any atom is 0.316 e. The van der Waals surface area contributed by atoms with E-state index in [2.05, 4.69) is 0 Å². The first kappa shape index (κ1) is 22.3. The quantitative estimate of drug-likeness (QED) is 0.438. The van der Waals surface area contributed by atoms with Crippen LogP contribution in [0.25, 0.3) is 22.3 Å². The molecule has 5 rings (SSSR count). The van der Waals surface area contributed by atoms with Crippen LogP contribution in [-0.4, -0.2) is 32.5 Å². The van der Waals surface area contributed by atoms with Gasteiger partial charge in [-0.25, -0.2) is 4.98 Å². The van der Waals surface area contributed by atoms with Crippen LogP contribution in [0.3, 0.4) is 0 Å². The van der Waals surface area contributed by atoms with Gasteiger partial charge in [-0.3, -0.25) is 14.4 Å². The molecule has 2 aromatic heterocycles. The minimum atomic E-state index is -1.13. The predicted octanol–water partition coefficient (Wildman–Crippen LogP) is 2.70. The highest BCUT2D eigenvalue weighted by Crippen LogP contribution is 2.42. The molecule has 34 heavy (non-hydrogen) atoms. The van der Waals surface area contributed by atoms with Gasteiger partial charge in [-0.1, -0.05) is 6.92 Å². The number of benzene rings is 1. The van der Waals surface area contributed by atoms with Crippen molar-refractivity contribution < 1.29 is 19.4 Å². The number of Topliss-reactive ketones (excluding diaryl/α,β-unsaturated/α-hetero) is 1. The minimum Gasteiger partial charge on any atom is -0.508 e. The van der Waals surface area contributed by atoms with Crippen LogP contribution in [-0.2, 0) is 39.3 Å². The van der Waals surface area contributed by atoms with E-state index in [1.54, 1.807) is 36.6 Å². The topological polar surface area (TPSA) is 125 Å². The molecule has 0 saturated heterocycles. The number of nitrogens with two attached hydrogens (primary N) is 1. The molecule has 0 saturated carbocycles. The van der Waals surface area contributed by atoms with Gasteiger partial charge in [-0.05, 0) is 62.1 Å². The normalized spacial score (nSPS) is 19.4. The molecule has 2 unspecified atom stereocenters. The zero-order chi connectivity index (χ0) is 24.4. The van der Waals surface area contributed by atoms with Gasteiger partial charge in [0.15, 0.2) is 0 Å². The highest BCUT2D eigenvalue weighted by molar-refractivity contribution is 5.90. The number of aromatic nitrogens is 2. The SMILES string of the molecule is CCc1c2c(nc3ccc(O)cc13)-c1cc3c(c(=O)n1C2)COC(=O)C3(C)CCC(=O)C(C)N. The zero-order valence-electron chi connectivity index (χ0n) is 19.5. The summed E-state index contributed by atoms with van der Waals surface area (Å²) < 4.78 is 7.09. The number of phenols is 1. The molecule has 2 aliphatic heterocycles. The fourth-order valence-electron chi connectivity index (χ4n) is 5.22. The maximum absolute atomic E-state index is 13.6. The van der Waals surface area contributed by atoms with E-state index in [0.717, 1.165) is 22.0 Å². The first-order chi connectivity index (χ1) is 16.2. The van der Waals surface area contributed by atoms with Crippen LogP contribution in [0.15, 0.2) is 29.1 Å². The highest BCUT2D eigenvalue weighted by Gasteiger charge is 2.44. The summed E-state index contributed by atoms with van der Waals surface area (Å²) >= 11 is 0. The summed E-state index contributed by atoms with van der Waals surface area (Å²) in [7, 11) is 0. The second-order valence-electron chi connectivity index (χ2n) is 9.45. The first-order valence-electron chi connectivity index (χ1n) is 11.5. The molecule has 4 heterocycles. The van der Waals surface area contributed by atoms with Crippen LogP contribution >= 0.6 is 0 Å². The summed E-state index contributed by atoms with van der Waals surface area (Å²) in [4.78, 5) is 43.5. The van der Waals surface area contributed by atoms with E-state index in [0.29, 0.717) is 35.5 Å². The summed E-state index contributed by atoms with van der Waals surface area (Å²) in [5.74, 6) is -0.426. The fraction of sp³-hybridized carbons (Fsp3) is 0.385. The number of phenolic OH excluding ortho intramolecular Hbond substituents is 1. The van der Waals surface area contributed by atoms with Gasteiger partial charge in [-0.2, -0.15) is 0 Å². The number of cyclic esters (lactones) is 1. The second kappa shape index (κ2) is 7.77. The predicted molar refractivity (Wildman–Crippen MR) is 127 cm³/mol. The van der Waals surface area contributed by atoms with Crippen LogP contribution in [0.4, 0.5) is 0 Å². The average Bonchev–Trinajstić information content (AvgIpc) is 3.17. The summed E-state index contributed by atoms with van der Waals surface area (Å²) in [5.41, 5.74) is 9.48. The molecule has 8 heteroatoms. The molecule has 2 aliphatic rings. The molecule has 0 spiro atoms. The molecule has 176 valence electrons. The van der Waals surface area contributed by atoms with Crippen molar-refractivity contribution in [1.82, 2.24) is 9.55 Å². The number of carbonyl (C=O) groups excluding carboxylic acids is 2. The van der Waals surface area contributed by atoms with Crippen LogP contribution < -0.4 is 11.3 Å². The molecule has 0 bridgehead atoms. The van der Waals surface area contributed by atoms with E-state index >= 15 is 0 Å². The molecular formula is C26H27N3O5. The number of rotatable bonds is 5. The standard InChI is InChI=1S/C26H27N3O5/c1-4-15-16-9-14(30)5-6-20(16)28-23-17(15)11-29-21(23)10-19-18(24(29)32)12-34-25(33)26(19,3)8-7-22(31)13(2)27/h5-6,9-10,13,30H,4,7-8,11-12,27H2,1-3H3. The van der Waals surface area contributed by atoms with Gasteiger partial charge in [0.25, 0.3) is 5.56 Å². The van der Waals surface area contributed by atoms with Crippen molar-refractivity contribution in [3.05, 3.63) is 56.9 Å². The summed E-state index contributed by atoms with van der Waals surface area (Å²) in [6.07, 6.45) is 1.04. The number of aromatic hydroxyl groups is 1. The van der Waals surface area contributed by atoms with Crippen molar-refractivity contribution in [2.45, 2.75) is 64.6 Å². The number of hydrogen-bond donors (Lipinski definition) is 2. The molecule has 1 aromatic carbocycles. The zero-order valence-corrected chi connectivity index (χ0v) is 19.5. The van der Waals surface area contributed by atoms with Crippen molar-refractivity contribution in [3.63, 3.8) is 0 Å². The van der Waals surface area contributed by atoms with E-state index in [1.807, 2.05) is 13.0 Å². The number of aryl methyl sites for hydroxylation is 1. The van der Waals surface area contributed by atoms with Crippen LogP contribution in [0.5, 0.6) is 5.75 Å². The Balaban J connectivity index is 1.70. The van der Waals surface area contributed by atoms with Crippen LogP contribution in [0.2, 0.25) is 0 Å². The number of hydrogen-bond acceptors (Lipinski definition) is 7. The molecule has 8 nitrogen and oxygen atoms in total. The third-order valence-corrected chi connectivity index (χ3v) is 7.27. The second-order valence-corrected chi connectivity index (χ2v) is 9.45. The Bertz CT molecular complexity index is 1440. The first-order valence-corrected chi connectivity index (χ1v) is 11.5. The van der Waals surface area contributed by atoms with Crippen molar-refractivity contribution in [3.8, 4) is 17.1 Å². The number of ketones is 1. The van der Waals surface area contributed by atoms with Gasteiger partial charge in [0.05, 0.1) is 40.5 Å². The lowest BCUT2D eigenvalue weighted by Gasteiger charge is -2.34. The van der Waals surface area contributed by atoms with Gasteiger partial charge in [0.1, 0.15) is 18.1 Å². The molecule has 2 atom stereocenters. The minimum absolute atomic E-state index is 0.0929. The Hall–Kier alpha value is -3.52. The summed E-state index contributed by atoms with van der Waals surface area (Å²) in [5, 5.41) is 10.9. The van der Waals surface area contributed by atoms with Crippen molar-refractivity contribution >= 4 is 22.7 Å². The summed E-state index contributed by atoms with van der Waals surface area (Å²) in [6.45, 7) is 5.66. The van der Waals surface area contributed by atoms with E-state index < -0.39 is 17.4 Å². The maximum atomic E-state index is 13.6. The number of nitrogens with zero attached hydrogens (tertiary/aromatic N) is 2. The highest BCUT2D eigenvalue weighted by atomic mass is 16.5. The Morgan fingerprint density at radius 3 is 2.76 bits per heavy atom. The molecule has 0 amide bonds. The van der Waals surface area contributed by atoms with Crippen molar-refractivity contribution in [2.75, 3.05) is 0 Å². The Morgan fingerprint density at radius 2 is 2.06 bits per heavy atom. The summed E-state index contributed by atoms with van der Waals surface area (Å²) in [6, 6.07) is 6.32. The number of fused-ring (bicyclic) bond motifs is 5. The van der Waals surface area contributed by atoms with Gasteiger partial charge in [0.2, 0.25) is 0 Å². The van der Waals surface area contributed by atoms with Gasteiger partial charge in [-0.15, -0.1) is 0 Å². The Kier molecular flexibility index (Phi) is 5.09. The molecule has 0 fully saturated rings. The van der Waals surface area contributed by atoms with Crippen LogP contribution in [0, 0.1) is 0 Å². The largest absolute Gasteiger partial charge is 0.508 e. The van der Waals surface area contributed by atoms with E-state index in [1.165, 1.54) is 0 Å². The molecule has 0 radical (unpaired) electrons. The lowest BCUT2D eigenvalue weighted by Crippen LogP contribution is -2.43. The fourth-order valence-corrected chi connectivity index (χ4v) is 5.22. The number of pyridine rings is 2. The van der Waals surface area contributed by atoms with E-state index in [9.17, 15) is 19.5 Å². The van der Waals surface area contributed by atoms with Gasteiger partial charge in [0, 0.05) is 17.4 Å². The Morgan fingerprint density at radius 1 is 1.29 bits per heavy atom. The van der Waals surface area contributed by atoms with Crippen LogP contribution in [0.1, 0.15) is 55.9 Å². The third-order valence-electron chi connectivity index (χ3n) is 7.27. The number of ether oxygens (including phenoxy) is 1. The lowest BCUT2D eigenvalue weighted by atomic mass is 9.74. The smallest absolute Gasteiger partial charge is 0.316 e. The molecule has 3 N–H and O–H groups in total. The van der Waals surface area contributed by atoms with E-state index in [4.69, 9.17) is 15.5 Å². The van der Waals surface area contributed by atoms with E-state index in [-0.39, 0.29) is 36.5 Å². The van der Waals surface area contributed by atoms with Gasteiger partial charge >= 0.3 is 5.97 Å². The van der Waals surface area contributed by atoms with Gasteiger partial charge < -0.3 is 20.1 Å². The number of esters is 1. The monoisotopic (exact) mass is 461 g/mol. The molecule has 3 aromatic rings. The number of carbonyl (C=O) groups is 2. The molecule has 0 aliphatic carbocycles.